The fourth-order valence-electron chi connectivity index (χ4n) is 3.55. The number of sulfonamides is 1. The van der Waals surface area contributed by atoms with E-state index < -0.39 is 10.0 Å². The summed E-state index contributed by atoms with van der Waals surface area (Å²) in [6.45, 7) is 3.03. The van der Waals surface area contributed by atoms with Gasteiger partial charge in [0.15, 0.2) is 0 Å². The van der Waals surface area contributed by atoms with E-state index in [2.05, 4.69) is 19.8 Å². The number of rotatable bonds is 7. The fraction of sp³-hybridized carbons (Fsp3) is 0.273. The van der Waals surface area contributed by atoms with E-state index in [0.29, 0.717) is 18.9 Å². The molecule has 2 aromatic carbocycles. The lowest BCUT2D eigenvalue weighted by atomic mass is 10.2. The zero-order valence-corrected chi connectivity index (χ0v) is 18.6. The van der Waals surface area contributed by atoms with Gasteiger partial charge in [0, 0.05) is 37.6 Å². The second-order valence-electron chi connectivity index (χ2n) is 7.35. The number of hydrogen-bond acceptors (Lipinski definition) is 5. The second-order valence-corrected chi connectivity index (χ2v) is 9.60. The molecule has 1 N–H and O–H groups in total. The van der Waals surface area contributed by atoms with Crippen LogP contribution >= 0.6 is 11.6 Å². The summed E-state index contributed by atoms with van der Waals surface area (Å²) in [5.41, 5.74) is 1.08. The van der Waals surface area contributed by atoms with E-state index in [1.807, 2.05) is 41.0 Å². The predicted octanol–water partition coefficient (Wildman–Crippen LogP) is 2.89. The average Bonchev–Trinajstić information content (AvgIpc) is 3.06. The summed E-state index contributed by atoms with van der Waals surface area (Å²) in [5.74, 6) is 1.47. The Morgan fingerprint density at radius 3 is 2.45 bits per heavy atom. The third-order valence-corrected chi connectivity index (χ3v) is 6.81. The second kappa shape index (κ2) is 9.74. The zero-order valence-electron chi connectivity index (χ0n) is 17.0. The first-order valence-corrected chi connectivity index (χ1v) is 12.0. The lowest BCUT2D eigenvalue weighted by Gasteiger charge is -2.19. The van der Waals surface area contributed by atoms with Crippen molar-refractivity contribution < 1.29 is 8.42 Å². The molecule has 162 valence electrons. The Balaban J connectivity index is 1.38. The van der Waals surface area contributed by atoms with Crippen LogP contribution in [0, 0.1) is 0 Å². The Morgan fingerprint density at radius 2 is 1.71 bits per heavy atom. The normalized spacial score (nSPS) is 15.5. The van der Waals surface area contributed by atoms with Crippen molar-refractivity contribution in [2.45, 2.75) is 24.4 Å². The molecule has 0 unspecified atom stereocenters. The predicted molar refractivity (Wildman–Crippen MR) is 121 cm³/mol. The van der Waals surface area contributed by atoms with E-state index >= 15 is 0 Å². The molecule has 0 bridgehead atoms. The molecule has 0 saturated carbocycles. The highest BCUT2D eigenvalue weighted by molar-refractivity contribution is 7.89. The molecular weight excluding hydrogens is 434 g/mol. The minimum absolute atomic E-state index is 0.0961. The molecule has 0 amide bonds. The lowest BCUT2D eigenvalue weighted by molar-refractivity contribution is 0.305. The highest BCUT2D eigenvalue weighted by atomic mass is 35.5. The minimum atomic E-state index is -3.59. The first kappa shape index (κ1) is 21.7. The van der Waals surface area contributed by atoms with Gasteiger partial charge in [-0.1, -0.05) is 60.1 Å². The summed E-state index contributed by atoms with van der Waals surface area (Å²) in [6.07, 6.45) is 2.71. The summed E-state index contributed by atoms with van der Waals surface area (Å²) >= 11 is 6.48. The molecule has 0 aliphatic carbocycles. The molecule has 1 aromatic heterocycles. The van der Waals surface area contributed by atoms with Gasteiger partial charge in [0.25, 0.3) is 0 Å². The third kappa shape index (κ3) is 5.59. The van der Waals surface area contributed by atoms with Crippen LogP contribution in [0.1, 0.15) is 17.2 Å². The van der Waals surface area contributed by atoms with Gasteiger partial charge in [-0.25, -0.2) is 13.1 Å². The molecule has 0 spiro atoms. The van der Waals surface area contributed by atoms with E-state index in [0.717, 1.165) is 35.9 Å². The van der Waals surface area contributed by atoms with Crippen LogP contribution < -0.4 is 4.72 Å². The van der Waals surface area contributed by atoms with Gasteiger partial charge in [-0.3, -0.25) is 4.90 Å². The quantitative estimate of drug-likeness (QED) is 0.590. The summed E-state index contributed by atoms with van der Waals surface area (Å²) < 4.78 is 29.6. The standard InChI is InChI=1S/C22H24ClN5O2S/c23-19(15-18-7-3-1-4-8-18)17-27-12-11-21-25-26-22(28(21)14-13-27)16-24-31(29,30)20-9-5-2-6-10-20/h1-10,15,24H,11-14,16-17H2. The number of hydrogen-bond donors (Lipinski definition) is 1. The van der Waals surface area contributed by atoms with Crippen LogP contribution in [0.4, 0.5) is 0 Å². The van der Waals surface area contributed by atoms with Crippen LogP contribution in [0.15, 0.2) is 70.6 Å². The smallest absolute Gasteiger partial charge is 0.240 e. The number of fused-ring (bicyclic) bond motifs is 1. The molecule has 1 aliphatic heterocycles. The number of benzene rings is 2. The molecule has 9 heteroatoms. The monoisotopic (exact) mass is 457 g/mol. The molecule has 0 fully saturated rings. The fourth-order valence-corrected chi connectivity index (χ4v) is 4.84. The van der Waals surface area contributed by atoms with E-state index in [4.69, 9.17) is 11.6 Å². The molecule has 0 saturated heterocycles. The number of nitrogens with zero attached hydrogens (tertiary/aromatic N) is 4. The van der Waals surface area contributed by atoms with Crippen molar-refractivity contribution in [1.29, 1.82) is 0 Å². The van der Waals surface area contributed by atoms with Gasteiger partial charge in [-0.15, -0.1) is 10.2 Å². The van der Waals surface area contributed by atoms with Gasteiger partial charge in [0.2, 0.25) is 10.0 Å². The molecule has 4 rings (SSSR count). The SMILES string of the molecule is O=S(=O)(NCc1nnc2n1CCN(CC(Cl)=Cc1ccccc1)CC2)c1ccccc1. The van der Waals surface area contributed by atoms with Crippen molar-refractivity contribution in [1.82, 2.24) is 24.4 Å². The van der Waals surface area contributed by atoms with Gasteiger partial charge < -0.3 is 4.57 Å². The first-order valence-electron chi connectivity index (χ1n) is 10.1. The van der Waals surface area contributed by atoms with Crippen LogP contribution in [-0.2, 0) is 29.5 Å². The first-order chi connectivity index (χ1) is 15.0. The Hall–Kier alpha value is -2.52. The third-order valence-electron chi connectivity index (χ3n) is 5.17. The van der Waals surface area contributed by atoms with Crippen molar-refractivity contribution in [2.24, 2.45) is 0 Å². The summed E-state index contributed by atoms with van der Waals surface area (Å²) in [6, 6.07) is 18.3. The summed E-state index contributed by atoms with van der Waals surface area (Å²) in [5, 5.41) is 9.26. The Kier molecular flexibility index (Phi) is 6.82. The van der Waals surface area contributed by atoms with Crippen molar-refractivity contribution >= 4 is 27.7 Å². The van der Waals surface area contributed by atoms with Gasteiger partial charge in [-0.05, 0) is 23.8 Å². The largest absolute Gasteiger partial charge is 0.313 e. The minimum Gasteiger partial charge on any atom is -0.313 e. The van der Waals surface area contributed by atoms with Crippen LogP contribution in [0.5, 0.6) is 0 Å². The van der Waals surface area contributed by atoms with Crippen molar-refractivity contribution in [3.8, 4) is 0 Å². The molecule has 7 nitrogen and oxygen atoms in total. The van der Waals surface area contributed by atoms with E-state index in [-0.39, 0.29) is 11.4 Å². The Bertz CT molecular complexity index is 1150. The molecule has 3 aromatic rings. The van der Waals surface area contributed by atoms with E-state index in [1.54, 1.807) is 30.3 Å². The maximum absolute atomic E-state index is 12.5. The van der Waals surface area contributed by atoms with Gasteiger partial charge >= 0.3 is 0 Å². The molecule has 0 radical (unpaired) electrons. The maximum Gasteiger partial charge on any atom is 0.240 e. The van der Waals surface area contributed by atoms with Gasteiger partial charge in [0.05, 0.1) is 11.4 Å². The van der Waals surface area contributed by atoms with Crippen molar-refractivity contribution in [2.75, 3.05) is 19.6 Å². The van der Waals surface area contributed by atoms with Crippen LogP contribution in [0.3, 0.4) is 0 Å². The molecule has 0 atom stereocenters. The number of nitrogens with one attached hydrogen (secondary N) is 1. The highest BCUT2D eigenvalue weighted by Gasteiger charge is 2.21. The topological polar surface area (TPSA) is 80.1 Å². The zero-order chi connectivity index (χ0) is 21.7. The van der Waals surface area contributed by atoms with E-state index in [9.17, 15) is 8.42 Å². The number of aromatic nitrogens is 3. The van der Waals surface area contributed by atoms with Gasteiger partial charge in [0.1, 0.15) is 11.6 Å². The molecule has 2 heterocycles. The van der Waals surface area contributed by atoms with Crippen molar-refractivity contribution in [3.63, 3.8) is 0 Å². The number of halogens is 1. The van der Waals surface area contributed by atoms with Gasteiger partial charge in [-0.2, -0.15) is 0 Å². The average molecular weight is 458 g/mol. The molecular formula is C22H24ClN5O2S. The van der Waals surface area contributed by atoms with Crippen LogP contribution in [0.2, 0.25) is 0 Å². The highest BCUT2D eigenvalue weighted by Crippen LogP contribution is 2.16. The van der Waals surface area contributed by atoms with Crippen LogP contribution in [-0.4, -0.2) is 47.7 Å². The Labute approximate surface area is 187 Å². The molecule has 1 aliphatic rings. The van der Waals surface area contributed by atoms with Crippen molar-refractivity contribution in [3.05, 3.63) is 82.9 Å². The Morgan fingerprint density at radius 1 is 1.00 bits per heavy atom. The summed E-state index contributed by atoms with van der Waals surface area (Å²) in [7, 11) is -3.59. The molecule has 31 heavy (non-hydrogen) atoms. The summed E-state index contributed by atoms with van der Waals surface area (Å²) in [4.78, 5) is 2.51. The maximum atomic E-state index is 12.5. The lowest BCUT2D eigenvalue weighted by Crippen LogP contribution is -2.29. The van der Waals surface area contributed by atoms with Crippen LogP contribution in [0.25, 0.3) is 6.08 Å². The van der Waals surface area contributed by atoms with E-state index in [1.165, 1.54) is 0 Å².